The van der Waals surface area contributed by atoms with E-state index in [1.54, 1.807) is 42.4 Å². The van der Waals surface area contributed by atoms with Crippen LogP contribution >= 0.6 is 0 Å². The Morgan fingerprint density at radius 2 is 1.65 bits per heavy atom. The van der Waals surface area contributed by atoms with E-state index in [4.69, 9.17) is 4.74 Å². The molecule has 9 nitrogen and oxygen atoms in total. The maximum atomic E-state index is 13.1. The van der Waals surface area contributed by atoms with Crippen molar-refractivity contribution in [2.24, 2.45) is 7.05 Å². The average Bonchev–Trinajstić information content (AvgIpc) is 3.00. The molecular weight excluding hydrogens is 542 g/mol. The summed E-state index contributed by atoms with van der Waals surface area (Å²) in [6.45, 7) is 9.94. The van der Waals surface area contributed by atoms with E-state index in [0.29, 0.717) is 48.1 Å². The third-order valence-electron chi connectivity index (χ3n) is 7.59. The molecule has 0 radical (unpaired) electrons. The highest BCUT2D eigenvalue weighted by Gasteiger charge is 2.19. The topological polar surface area (TPSA) is 106 Å². The fourth-order valence-electron chi connectivity index (χ4n) is 4.95. The van der Waals surface area contributed by atoms with Crippen LogP contribution in [-0.2, 0) is 17.2 Å². The Labute approximate surface area is 251 Å². The number of hydrogen-bond acceptors (Lipinski definition) is 6. The van der Waals surface area contributed by atoms with Crippen molar-refractivity contribution >= 4 is 29.0 Å². The summed E-state index contributed by atoms with van der Waals surface area (Å²) in [5.41, 5.74) is 5.45. The van der Waals surface area contributed by atoms with Crippen LogP contribution in [0.2, 0.25) is 0 Å². The van der Waals surface area contributed by atoms with Gasteiger partial charge in [-0.15, -0.1) is 0 Å². The van der Waals surface area contributed by atoms with E-state index in [-0.39, 0.29) is 28.6 Å². The first-order chi connectivity index (χ1) is 20.5. The van der Waals surface area contributed by atoms with Gasteiger partial charge in [-0.3, -0.25) is 14.4 Å². The van der Waals surface area contributed by atoms with Gasteiger partial charge in [-0.25, -0.2) is 4.98 Å². The number of anilines is 3. The lowest BCUT2D eigenvalue weighted by molar-refractivity contribution is -0.00571. The lowest BCUT2D eigenvalue weighted by Gasteiger charge is -2.26. The van der Waals surface area contributed by atoms with Crippen LogP contribution in [0.3, 0.4) is 0 Å². The standard InChI is InChI=1S/C34H37N5O4/c1-22-27(8-6-9-28(22)37-31(40)23-10-14-25(15-11-23)34(2,3)4)29-20-38(5)33(42)30(36-29)35-26-16-12-24(13-17-26)32(41)39-18-7-19-43-21-39/h6,8-17,20H,7,18-19,21H2,1-5H3,(H,35,36)(H,37,40). The summed E-state index contributed by atoms with van der Waals surface area (Å²) in [5, 5.41) is 6.13. The molecule has 0 atom stereocenters. The fourth-order valence-corrected chi connectivity index (χ4v) is 4.95. The minimum absolute atomic E-state index is 0.00158. The molecule has 1 aliphatic rings. The predicted molar refractivity (Wildman–Crippen MR) is 169 cm³/mol. The van der Waals surface area contributed by atoms with Gasteiger partial charge >= 0.3 is 0 Å². The van der Waals surface area contributed by atoms with Gasteiger partial charge < -0.3 is 24.8 Å². The molecule has 1 fully saturated rings. The van der Waals surface area contributed by atoms with Gasteiger partial charge in [0.1, 0.15) is 6.73 Å². The molecule has 2 heterocycles. The Morgan fingerprint density at radius 3 is 2.30 bits per heavy atom. The van der Waals surface area contributed by atoms with Crippen molar-refractivity contribution in [3.05, 3.63) is 106 Å². The number of nitrogens with zero attached hydrogens (tertiary/aromatic N) is 3. The monoisotopic (exact) mass is 579 g/mol. The minimum atomic E-state index is -0.296. The van der Waals surface area contributed by atoms with E-state index in [2.05, 4.69) is 36.4 Å². The van der Waals surface area contributed by atoms with Gasteiger partial charge in [-0.1, -0.05) is 45.0 Å². The molecule has 3 aromatic carbocycles. The normalized spacial score (nSPS) is 13.5. The van der Waals surface area contributed by atoms with Crippen LogP contribution in [0, 0.1) is 6.92 Å². The van der Waals surface area contributed by atoms with Gasteiger partial charge in [-0.05, 0) is 72.4 Å². The molecule has 1 aliphatic heterocycles. The highest BCUT2D eigenvalue weighted by Crippen LogP contribution is 2.29. The molecule has 9 heteroatoms. The lowest BCUT2D eigenvalue weighted by Crippen LogP contribution is -2.38. The van der Waals surface area contributed by atoms with Gasteiger partial charge in [0.25, 0.3) is 17.4 Å². The second-order valence-electron chi connectivity index (χ2n) is 11.8. The molecule has 1 saturated heterocycles. The molecule has 222 valence electrons. The van der Waals surface area contributed by atoms with E-state index < -0.39 is 0 Å². The average molecular weight is 580 g/mol. The van der Waals surface area contributed by atoms with E-state index in [9.17, 15) is 14.4 Å². The van der Waals surface area contributed by atoms with Gasteiger partial charge in [0, 0.05) is 47.9 Å². The van der Waals surface area contributed by atoms with Crippen molar-refractivity contribution in [1.29, 1.82) is 0 Å². The van der Waals surface area contributed by atoms with E-state index >= 15 is 0 Å². The molecule has 0 spiro atoms. The Morgan fingerprint density at radius 1 is 0.953 bits per heavy atom. The summed E-state index contributed by atoms with van der Waals surface area (Å²) in [5.74, 6) is -0.144. The van der Waals surface area contributed by atoms with Gasteiger partial charge in [-0.2, -0.15) is 0 Å². The largest absolute Gasteiger partial charge is 0.361 e. The van der Waals surface area contributed by atoms with Gasteiger partial charge in [0.15, 0.2) is 5.82 Å². The highest BCUT2D eigenvalue weighted by molar-refractivity contribution is 6.05. The van der Waals surface area contributed by atoms with Crippen LogP contribution in [0.25, 0.3) is 11.3 Å². The van der Waals surface area contributed by atoms with Crippen molar-refractivity contribution in [1.82, 2.24) is 14.5 Å². The number of nitrogens with one attached hydrogen (secondary N) is 2. The molecule has 2 amide bonds. The number of aryl methyl sites for hydroxylation is 1. The van der Waals surface area contributed by atoms with E-state index in [1.165, 1.54) is 4.57 Å². The number of carbonyl (C=O) groups excluding carboxylic acids is 2. The van der Waals surface area contributed by atoms with Crippen molar-refractivity contribution in [2.75, 3.05) is 30.5 Å². The molecule has 2 N–H and O–H groups in total. The van der Waals surface area contributed by atoms with Gasteiger partial charge in [0.2, 0.25) is 0 Å². The molecule has 4 aromatic rings. The molecule has 0 saturated carbocycles. The number of aromatic nitrogens is 2. The third-order valence-corrected chi connectivity index (χ3v) is 7.59. The zero-order valence-electron chi connectivity index (χ0n) is 25.2. The Kier molecular flexibility index (Phi) is 8.45. The summed E-state index contributed by atoms with van der Waals surface area (Å²) in [7, 11) is 1.67. The number of rotatable bonds is 6. The number of amides is 2. The number of benzene rings is 3. The van der Waals surface area contributed by atoms with Crippen molar-refractivity contribution in [3.8, 4) is 11.3 Å². The SMILES string of the molecule is Cc1c(NC(=O)c2ccc(C(C)(C)C)cc2)cccc1-c1cn(C)c(=O)c(Nc2ccc(C(=O)N3CCCOC3)cc2)n1. The van der Waals surface area contributed by atoms with Crippen LogP contribution < -0.4 is 16.2 Å². The molecule has 0 bridgehead atoms. The molecule has 43 heavy (non-hydrogen) atoms. The Bertz CT molecular complexity index is 1700. The summed E-state index contributed by atoms with van der Waals surface area (Å²) >= 11 is 0. The highest BCUT2D eigenvalue weighted by atomic mass is 16.5. The van der Waals surface area contributed by atoms with Crippen LogP contribution in [-0.4, -0.2) is 46.1 Å². The van der Waals surface area contributed by atoms with Crippen molar-refractivity contribution in [2.45, 2.75) is 39.5 Å². The number of carbonyl (C=O) groups is 2. The summed E-state index contributed by atoms with van der Waals surface area (Å²) < 4.78 is 6.87. The summed E-state index contributed by atoms with van der Waals surface area (Å²) in [4.78, 5) is 45.1. The number of ether oxygens (including phenoxy) is 1. The summed E-state index contributed by atoms with van der Waals surface area (Å²) in [6.07, 6.45) is 2.49. The molecule has 0 unspecified atom stereocenters. The second kappa shape index (κ2) is 12.2. The van der Waals surface area contributed by atoms with Crippen molar-refractivity contribution in [3.63, 3.8) is 0 Å². The minimum Gasteiger partial charge on any atom is -0.361 e. The van der Waals surface area contributed by atoms with E-state index in [1.807, 2.05) is 49.4 Å². The van der Waals surface area contributed by atoms with Crippen LogP contribution in [0.1, 0.15) is 59.0 Å². The molecule has 5 rings (SSSR count). The van der Waals surface area contributed by atoms with Crippen LogP contribution in [0.4, 0.5) is 17.2 Å². The maximum Gasteiger partial charge on any atom is 0.293 e. The van der Waals surface area contributed by atoms with Crippen molar-refractivity contribution < 1.29 is 14.3 Å². The van der Waals surface area contributed by atoms with Crippen LogP contribution in [0.5, 0.6) is 0 Å². The van der Waals surface area contributed by atoms with Gasteiger partial charge in [0.05, 0.1) is 12.3 Å². The zero-order valence-corrected chi connectivity index (χ0v) is 25.2. The van der Waals surface area contributed by atoms with E-state index in [0.717, 1.165) is 23.1 Å². The lowest BCUT2D eigenvalue weighted by atomic mass is 9.86. The number of hydrogen-bond donors (Lipinski definition) is 2. The summed E-state index contributed by atoms with van der Waals surface area (Å²) in [6, 6.07) is 20.2. The fraction of sp³-hybridized carbons (Fsp3) is 0.294. The third kappa shape index (κ3) is 6.67. The first kappa shape index (κ1) is 29.7. The zero-order chi connectivity index (χ0) is 30.7. The maximum absolute atomic E-state index is 13.1. The quantitative estimate of drug-likeness (QED) is 0.296. The Hall–Kier alpha value is -4.76. The first-order valence-electron chi connectivity index (χ1n) is 14.3. The predicted octanol–water partition coefficient (Wildman–Crippen LogP) is 5.87. The molecule has 0 aliphatic carbocycles. The van der Waals surface area contributed by atoms with Crippen LogP contribution in [0.15, 0.2) is 77.7 Å². The second-order valence-corrected chi connectivity index (χ2v) is 11.8. The smallest absolute Gasteiger partial charge is 0.293 e. The molecular formula is C34H37N5O4. The Balaban J connectivity index is 1.35. The molecule has 1 aromatic heterocycles. The first-order valence-corrected chi connectivity index (χ1v) is 14.3.